The average molecular weight is 614 g/mol. The zero-order valence-corrected chi connectivity index (χ0v) is 23.2. The molecule has 2 N–H and O–H groups in total. The first kappa shape index (κ1) is 31.0. The number of nitrogens with zero attached hydrogens (tertiary/aromatic N) is 3. The number of nitrogens with one attached hydrogen (secondary N) is 2. The monoisotopic (exact) mass is 613 g/mol. The molecule has 1 aliphatic heterocycles. The molecule has 1 amide bonds. The number of nitro benzene ring substituents is 1. The van der Waals surface area contributed by atoms with Crippen molar-refractivity contribution in [1.29, 1.82) is 0 Å². The number of carbonyl (C=O) groups excluding carboxylic acids is 2. The molecule has 2 fully saturated rings. The number of benzene rings is 2. The van der Waals surface area contributed by atoms with E-state index in [1.807, 2.05) is 4.90 Å². The minimum Gasteiger partial charge on any atom is -0.379 e. The van der Waals surface area contributed by atoms with Crippen LogP contribution < -0.4 is 15.5 Å². The normalized spacial score (nSPS) is 16.5. The van der Waals surface area contributed by atoms with Crippen molar-refractivity contribution in [3.8, 4) is 0 Å². The van der Waals surface area contributed by atoms with Crippen LogP contribution in [0.3, 0.4) is 0 Å². The third-order valence-corrected chi connectivity index (χ3v) is 8.67. The molecule has 1 heterocycles. The summed E-state index contributed by atoms with van der Waals surface area (Å²) in [5.74, 6) is -4.28. The van der Waals surface area contributed by atoms with Gasteiger partial charge in [-0.05, 0) is 59.6 Å². The van der Waals surface area contributed by atoms with Crippen LogP contribution in [-0.4, -0.2) is 68.6 Å². The van der Waals surface area contributed by atoms with Crippen molar-refractivity contribution in [2.45, 2.75) is 43.2 Å². The van der Waals surface area contributed by atoms with Crippen LogP contribution in [-0.2, 0) is 19.7 Å². The first-order valence-electron chi connectivity index (χ1n) is 13.3. The Morgan fingerprint density at radius 1 is 1.07 bits per heavy atom. The van der Waals surface area contributed by atoms with Gasteiger partial charge in [0.2, 0.25) is 0 Å². The lowest BCUT2D eigenvalue weighted by Gasteiger charge is -2.29. The third kappa shape index (κ3) is 7.28. The van der Waals surface area contributed by atoms with Crippen molar-refractivity contribution in [2.24, 2.45) is 5.92 Å². The number of nitro groups is 1. The smallest absolute Gasteiger partial charge is 0.379 e. The summed E-state index contributed by atoms with van der Waals surface area (Å²) in [5.41, 5.74) is -0.394. The summed E-state index contributed by atoms with van der Waals surface area (Å²) in [6.07, 6.45) is -0.595. The van der Waals surface area contributed by atoms with Crippen LogP contribution in [0.1, 0.15) is 42.5 Å². The summed E-state index contributed by atoms with van der Waals surface area (Å²) >= 11 is 0. The van der Waals surface area contributed by atoms with Crippen molar-refractivity contribution in [3.05, 3.63) is 58.1 Å². The zero-order valence-electron chi connectivity index (χ0n) is 22.4. The van der Waals surface area contributed by atoms with Gasteiger partial charge in [0.05, 0.1) is 9.82 Å². The number of carbonyl (C=O) groups is 2. The average Bonchev–Trinajstić information content (AvgIpc) is 2.98. The van der Waals surface area contributed by atoms with Gasteiger partial charge in [0, 0.05) is 50.0 Å². The lowest BCUT2D eigenvalue weighted by Crippen LogP contribution is -2.43. The molecule has 1 saturated carbocycles. The first-order valence-corrected chi connectivity index (χ1v) is 14.8. The molecule has 42 heavy (non-hydrogen) atoms. The molecule has 4 rings (SSSR count). The number of anilines is 2. The Kier molecular flexibility index (Phi) is 9.56. The van der Waals surface area contributed by atoms with E-state index in [1.165, 1.54) is 24.3 Å². The number of halogens is 3. The number of hydroxylamine groups is 1. The number of alkyl halides is 3. The zero-order chi connectivity index (χ0) is 30.5. The van der Waals surface area contributed by atoms with Gasteiger partial charge in [0.25, 0.3) is 15.7 Å². The lowest BCUT2D eigenvalue weighted by molar-refractivity contribution is -0.384. The van der Waals surface area contributed by atoms with E-state index >= 15 is 0 Å². The second kappa shape index (κ2) is 12.9. The second-order valence-corrected chi connectivity index (χ2v) is 11.8. The van der Waals surface area contributed by atoms with Crippen molar-refractivity contribution in [3.63, 3.8) is 0 Å². The molecular weight excluding hydrogens is 583 g/mol. The Hall–Kier alpha value is -3.92. The van der Waals surface area contributed by atoms with Gasteiger partial charge in [-0.15, -0.1) is 0 Å². The molecule has 0 spiro atoms. The van der Waals surface area contributed by atoms with Crippen LogP contribution in [0.2, 0.25) is 0 Å². The van der Waals surface area contributed by atoms with Gasteiger partial charge in [-0.25, -0.2) is 4.79 Å². The van der Waals surface area contributed by atoms with Crippen LogP contribution in [0.25, 0.3) is 0 Å². The molecule has 0 unspecified atom stereocenters. The molecule has 0 atom stereocenters. The van der Waals surface area contributed by atoms with E-state index in [0.29, 0.717) is 44.5 Å². The summed E-state index contributed by atoms with van der Waals surface area (Å²) in [5, 5.41) is 17.9. The molecule has 0 aromatic heterocycles. The van der Waals surface area contributed by atoms with Gasteiger partial charge in [-0.3, -0.25) is 14.9 Å². The molecule has 12 nitrogen and oxygen atoms in total. The highest BCUT2D eigenvalue weighted by Gasteiger charge is 2.46. The van der Waals surface area contributed by atoms with E-state index in [-0.39, 0.29) is 11.6 Å². The van der Waals surface area contributed by atoms with E-state index in [1.54, 1.807) is 0 Å². The van der Waals surface area contributed by atoms with Gasteiger partial charge in [0.1, 0.15) is 5.69 Å². The second-order valence-electron chi connectivity index (χ2n) is 10.0. The predicted octanol–water partition coefficient (Wildman–Crippen LogP) is 3.85. The number of hydrogen-bond acceptors (Lipinski definition) is 10. The summed E-state index contributed by atoms with van der Waals surface area (Å²) in [6.45, 7) is 3.13. The van der Waals surface area contributed by atoms with Gasteiger partial charge < -0.3 is 20.4 Å². The SMILES string of the molecule is O=C(c1ccc(N2CCNCC2)cc1)N(OC(=O)C(F)(F)F)S(=O)(=O)c1ccc(NCC2CCCCC2)c([N+](=O)[O-])c1. The number of piperazine rings is 1. The number of hydrogen-bond donors (Lipinski definition) is 2. The highest BCUT2D eigenvalue weighted by atomic mass is 32.2. The largest absolute Gasteiger partial charge is 0.493 e. The quantitative estimate of drug-likeness (QED) is 0.332. The van der Waals surface area contributed by atoms with Crippen molar-refractivity contribution in [1.82, 2.24) is 9.79 Å². The molecule has 16 heteroatoms. The Morgan fingerprint density at radius 2 is 1.71 bits per heavy atom. The minimum atomic E-state index is -5.64. The Morgan fingerprint density at radius 3 is 2.31 bits per heavy atom. The maximum Gasteiger partial charge on any atom is 0.493 e. The summed E-state index contributed by atoms with van der Waals surface area (Å²) in [4.78, 5) is 41.0. The third-order valence-electron chi connectivity index (χ3n) is 7.15. The molecule has 1 aliphatic carbocycles. The topological polar surface area (TPSA) is 151 Å². The number of rotatable bonds is 8. The molecule has 2 aromatic rings. The van der Waals surface area contributed by atoms with Crippen LogP contribution >= 0.6 is 0 Å². The van der Waals surface area contributed by atoms with E-state index < -0.39 is 53.6 Å². The summed E-state index contributed by atoms with van der Waals surface area (Å²) in [6, 6.07) is 7.91. The fraction of sp³-hybridized carbons (Fsp3) is 0.462. The Labute approximate surface area is 240 Å². The predicted molar refractivity (Wildman–Crippen MR) is 145 cm³/mol. The Balaban J connectivity index is 1.64. The van der Waals surface area contributed by atoms with E-state index in [2.05, 4.69) is 15.5 Å². The highest BCUT2D eigenvalue weighted by Crippen LogP contribution is 2.32. The number of sulfonamides is 1. The van der Waals surface area contributed by atoms with Crippen LogP contribution in [0.5, 0.6) is 0 Å². The van der Waals surface area contributed by atoms with E-state index in [4.69, 9.17) is 0 Å². The van der Waals surface area contributed by atoms with E-state index in [0.717, 1.165) is 44.2 Å². The molecule has 2 aliphatic rings. The minimum absolute atomic E-state index is 0.00168. The van der Waals surface area contributed by atoms with Crippen LogP contribution in [0, 0.1) is 16.0 Å². The highest BCUT2D eigenvalue weighted by molar-refractivity contribution is 7.89. The molecule has 0 bridgehead atoms. The number of amides is 1. The van der Waals surface area contributed by atoms with Gasteiger partial charge in [-0.2, -0.15) is 21.6 Å². The standard InChI is InChI=1S/C26H30F3N5O7S/c27-26(28,29)25(36)41-34(24(35)19-6-8-20(9-7-19)32-14-12-30-13-15-32)42(39,40)21-10-11-22(23(16-21)33(37)38)31-17-18-4-2-1-3-5-18/h6-11,16,18,30-31H,1-5,12-15,17H2. The summed E-state index contributed by atoms with van der Waals surface area (Å²) < 4.78 is 65.4. The molecule has 2 aromatic carbocycles. The molecular formula is C26H30F3N5O7S. The van der Waals surface area contributed by atoms with Crippen molar-refractivity contribution < 1.29 is 40.9 Å². The fourth-order valence-corrected chi connectivity index (χ4v) is 6.07. The first-order chi connectivity index (χ1) is 19.9. The maximum absolute atomic E-state index is 13.4. The fourth-order valence-electron chi connectivity index (χ4n) is 4.88. The summed E-state index contributed by atoms with van der Waals surface area (Å²) in [7, 11) is -5.35. The van der Waals surface area contributed by atoms with Gasteiger partial charge in [0.15, 0.2) is 0 Å². The van der Waals surface area contributed by atoms with Crippen molar-refractivity contribution in [2.75, 3.05) is 42.9 Å². The van der Waals surface area contributed by atoms with Gasteiger partial charge in [-0.1, -0.05) is 19.3 Å². The van der Waals surface area contributed by atoms with Crippen LogP contribution in [0.4, 0.5) is 30.2 Å². The molecule has 1 saturated heterocycles. The maximum atomic E-state index is 13.4. The van der Waals surface area contributed by atoms with Gasteiger partial charge >= 0.3 is 18.1 Å². The van der Waals surface area contributed by atoms with E-state index in [9.17, 15) is 41.3 Å². The molecule has 0 radical (unpaired) electrons. The Bertz CT molecular complexity index is 1410. The molecule has 228 valence electrons. The van der Waals surface area contributed by atoms with Crippen LogP contribution in [0.15, 0.2) is 47.4 Å². The van der Waals surface area contributed by atoms with Crippen molar-refractivity contribution >= 4 is 39.0 Å². The lowest BCUT2D eigenvalue weighted by atomic mass is 9.89.